The Labute approximate surface area is 126 Å². The van der Waals surface area contributed by atoms with Crippen LogP contribution in [0.25, 0.3) is 0 Å². The Morgan fingerprint density at radius 2 is 2.00 bits per heavy atom. The van der Waals surface area contributed by atoms with Gasteiger partial charge >= 0.3 is 0 Å². The number of amides is 1. The first kappa shape index (κ1) is 17.5. The fourth-order valence-corrected chi connectivity index (χ4v) is 2.01. The summed E-state index contributed by atoms with van der Waals surface area (Å²) in [6, 6.07) is 7.24. The van der Waals surface area contributed by atoms with Gasteiger partial charge in [-0.2, -0.15) is 0 Å². The number of benzene rings is 1. The van der Waals surface area contributed by atoms with Crippen molar-refractivity contribution in [1.82, 2.24) is 5.32 Å². The van der Waals surface area contributed by atoms with Gasteiger partial charge in [0.1, 0.15) is 5.75 Å². The molecule has 1 aromatic rings. The van der Waals surface area contributed by atoms with Gasteiger partial charge < -0.3 is 20.5 Å². The second-order valence-electron chi connectivity index (χ2n) is 5.23. The minimum atomic E-state index is -0.345. The quantitative estimate of drug-likeness (QED) is 0.653. The van der Waals surface area contributed by atoms with Gasteiger partial charge in [-0.15, -0.1) is 0 Å². The Morgan fingerprint density at radius 1 is 1.33 bits per heavy atom. The SMILES string of the molecule is CCCC(O)CNC(C)CC(=O)Nc1ccc(OC)cc1. The third kappa shape index (κ3) is 7.11. The molecule has 5 heteroatoms. The van der Waals surface area contributed by atoms with E-state index in [1.807, 2.05) is 13.8 Å². The summed E-state index contributed by atoms with van der Waals surface area (Å²) in [4.78, 5) is 11.9. The number of aliphatic hydroxyl groups excluding tert-OH is 1. The summed E-state index contributed by atoms with van der Waals surface area (Å²) in [5, 5.41) is 15.7. The third-order valence-corrected chi connectivity index (χ3v) is 3.19. The Bertz CT molecular complexity index is 420. The summed E-state index contributed by atoms with van der Waals surface area (Å²) in [5.74, 6) is 0.707. The molecular formula is C16H26N2O3. The molecule has 5 nitrogen and oxygen atoms in total. The predicted octanol–water partition coefficient (Wildman–Crippen LogP) is 2.16. The van der Waals surface area contributed by atoms with Crippen molar-refractivity contribution in [2.75, 3.05) is 19.0 Å². The molecule has 0 aromatic heterocycles. The molecule has 0 saturated heterocycles. The lowest BCUT2D eigenvalue weighted by molar-refractivity contribution is -0.116. The van der Waals surface area contributed by atoms with E-state index in [1.54, 1.807) is 31.4 Å². The van der Waals surface area contributed by atoms with Gasteiger partial charge in [0, 0.05) is 24.7 Å². The first-order valence-corrected chi connectivity index (χ1v) is 7.40. The van der Waals surface area contributed by atoms with Crippen molar-refractivity contribution in [3.05, 3.63) is 24.3 Å². The zero-order valence-electron chi connectivity index (χ0n) is 13.1. The monoisotopic (exact) mass is 294 g/mol. The van der Waals surface area contributed by atoms with E-state index in [0.29, 0.717) is 13.0 Å². The molecule has 0 spiro atoms. The topological polar surface area (TPSA) is 70.6 Å². The molecule has 1 aromatic carbocycles. The van der Waals surface area contributed by atoms with Crippen molar-refractivity contribution in [2.24, 2.45) is 0 Å². The van der Waals surface area contributed by atoms with Gasteiger partial charge in [-0.1, -0.05) is 13.3 Å². The fourth-order valence-electron chi connectivity index (χ4n) is 2.01. The van der Waals surface area contributed by atoms with Crippen LogP contribution < -0.4 is 15.4 Å². The second-order valence-corrected chi connectivity index (χ2v) is 5.23. The smallest absolute Gasteiger partial charge is 0.225 e. The lowest BCUT2D eigenvalue weighted by Gasteiger charge is -2.16. The van der Waals surface area contributed by atoms with Crippen LogP contribution in [0, 0.1) is 0 Å². The van der Waals surface area contributed by atoms with Crippen molar-refractivity contribution >= 4 is 11.6 Å². The molecule has 1 rings (SSSR count). The average Bonchev–Trinajstić information content (AvgIpc) is 2.46. The number of hydrogen-bond acceptors (Lipinski definition) is 4. The Kier molecular flexibility index (Phi) is 7.79. The molecule has 21 heavy (non-hydrogen) atoms. The van der Waals surface area contributed by atoms with Crippen LogP contribution in [0.15, 0.2) is 24.3 Å². The highest BCUT2D eigenvalue weighted by atomic mass is 16.5. The van der Waals surface area contributed by atoms with Gasteiger partial charge in [0.05, 0.1) is 13.2 Å². The van der Waals surface area contributed by atoms with E-state index in [4.69, 9.17) is 4.74 Å². The highest BCUT2D eigenvalue weighted by Crippen LogP contribution is 2.15. The van der Waals surface area contributed by atoms with Crippen LogP contribution in [0.1, 0.15) is 33.1 Å². The molecule has 0 aliphatic carbocycles. The zero-order valence-corrected chi connectivity index (χ0v) is 13.1. The summed E-state index contributed by atoms with van der Waals surface area (Å²) in [6.45, 7) is 4.49. The van der Waals surface area contributed by atoms with Crippen molar-refractivity contribution in [3.8, 4) is 5.75 Å². The van der Waals surface area contributed by atoms with E-state index >= 15 is 0 Å². The highest BCUT2D eigenvalue weighted by Gasteiger charge is 2.11. The van der Waals surface area contributed by atoms with Crippen LogP contribution >= 0.6 is 0 Å². The van der Waals surface area contributed by atoms with Gasteiger partial charge in [0.25, 0.3) is 0 Å². The molecule has 118 valence electrons. The molecule has 3 N–H and O–H groups in total. The van der Waals surface area contributed by atoms with Gasteiger partial charge in [-0.05, 0) is 37.6 Å². The molecule has 0 radical (unpaired) electrons. The van der Waals surface area contributed by atoms with Crippen molar-refractivity contribution in [1.29, 1.82) is 0 Å². The summed E-state index contributed by atoms with van der Waals surface area (Å²) < 4.78 is 5.07. The normalized spacial score (nSPS) is 13.5. The second kappa shape index (κ2) is 9.37. The molecule has 0 bridgehead atoms. The van der Waals surface area contributed by atoms with E-state index in [2.05, 4.69) is 10.6 Å². The lowest BCUT2D eigenvalue weighted by Crippen LogP contribution is -2.36. The van der Waals surface area contributed by atoms with Crippen molar-refractivity contribution in [2.45, 2.75) is 45.3 Å². The van der Waals surface area contributed by atoms with E-state index in [1.165, 1.54) is 0 Å². The van der Waals surface area contributed by atoms with Gasteiger partial charge in [0.15, 0.2) is 0 Å². The first-order valence-electron chi connectivity index (χ1n) is 7.40. The lowest BCUT2D eigenvalue weighted by atomic mass is 10.1. The number of hydrogen-bond donors (Lipinski definition) is 3. The van der Waals surface area contributed by atoms with E-state index < -0.39 is 0 Å². The van der Waals surface area contributed by atoms with Crippen LogP contribution in [-0.2, 0) is 4.79 Å². The molecule has 0 heterocycles. The van der Waals surface area contributed by atoms with Crippen LogP contribution in [0.3, 0.4) is 0 Å². The Morgan fingerprint density at radius 3 is 2.57 bits per heavy atom. The summed E-state index contributed by atoms with van der Waals surface area (Å²) in [7, 11) is 1.61. The van der Waals surface area contributed by atoms with Crippen LogP contribution in [-0.4, -0.2) is 36.8 Å². The highest BCUT2D eigenvalue weighted by molar-refractivity contribution is 5.91. The molecule has 2 unspecified atom stereocenters. The van der Waals surface area contributed by atoms with Crippen LogP contribution in [0.2, 0.25) is 0 Å². The minimum Gasteiger partial charge on any atom is -0.497 e. The maximum absolute atomic E-state index is 11.9. The maximum atomic E-state index is 11.9. The minimum absolute atomic E-state index is 0.0229. The number of nitrogens with one attached hydrogen (secondary N) is 2. The number of carbonyl (C=O) groups is 1. The number of rotatable bonds is 9. The zero-order chi connectivity index (χ0) is 15.7. The van der Waals surface area contributed by atoms with Gasteiger partial charge in [-0.3, -0.25) is 4.79 Å². The molecule has 0 saturated carbocycles. The number of methoxy groups -OCH3 is 1. The van der Waals surface area contributed by atoms with Crippen molar-refractivity contribution in [3.63, 3.8) is 0 Å². The van der Waals surface area contributed by atoms with E-state index in [0.717, 1.165) is 24.3 Å². The first-order chi connectivity index (χ1) is 10.0. The Balaban J connectivity index is 2.31. The molecule has 2 atom stereocenters. The fraction of sp³-hybridized carbons (Fsp3) is 0.562. The molecule has 0 fully saturated rings. The largest absolute Gasteiger partial charge is 0.497 e. The predicted molar refractivity (Wildman–Crippen MR) is 84.6 cm³/mol. The third-order valence-electron chi connectivity index (χ3n) is 3.19. The number of carbonyl (C=O) groups excluding carboxylic acids is 1. The molecule has 1 amide bonds. The average molecular weight is 294 g/mol. The van der Waals surface area contributed by atoms with Gasteiger partial charge in [-0.25, -0.2) is 0 Å². The Hall–Kier alpha value is -1.59. The van der Waals surface area contributed by atoms with Crippen LogP contribution in [0.4, 0.5) is 5.69 Å². The van der Waals surface area contributed by atoms with E-state index in [-0.39, 0.29) is 18.1 Å². The summed E-state index contributed by atoms with van der Waals surface area (Å²) >= 11 is 0. The number of anilines is 1. The van der Waals surface area contributed by atoms with Crippen molar-refractivity contribution < 1.29 is 14.6 Å². The molecule has 0 aliphatic heterocycles. The van der Waals surface area contributed by atoms with Gasteiger partial charge in [0.2, 0.25) is 5.91 Å². The summed E-state index contributed by atoms with van der Waals surface area (Å²) in [6.07, 6.45) is 1.75. The number of ether oxygens (including phenoxy) is 1. The van der Waals surface area contributed by atoms with Crippen LogP contribution in [0.5, 0.6) is 5.75 Å². The summed E-state index contributed by atoms with van der Waals surface area (Å²) in [5.41, 5.74) is 0.749. The standard InChI is InChI=1S/C16H26N2O3/c1-4-5-14(19)11-17-12(2)10-16(20)18-13-6-8-15(21-3)9-7-13/h6-9,12,14,17,19H,4-5,10-11H2,1-3H3,(H,18,20). The number of aliphatic hydroxyl groups is 1. The van der Waals surface area contributed by atoms with E-state index in [9.17, 15) is 9.90 Å². The molecule has 0 aliphatic rings. The maximum Gasteiger partial charge on any atom is 0.225 e. The molecular weight excluding hydrogens is 268 g/mol.